The van der Waals surface area contributed by atoms with Gasteiger partial charge in [-0.3, -0.25) is 0 Å². The normalized spacial score (nSPS) is 21.7. The molecule has 1 heterocycles. The molecular formula is C15H32N2. The van der Waals surface area contributed by atoms with E-state index in [9.17, 15) is 0 Å². The molecule has 2 nitrogen and oxygen atoms in total. The minimum atomic E-state index is 0.408. The molecule has 0 aliphatic carbocycles. The second-order valence-corrected chi connectivity index (χ2v) is 5.62. The van der Waals surface area contributed by atoms with Gasteiger partial charge in [-0.05, 0) is 70.5 Å². The van der Waals surface area contributed by atoms with Gasteiger partial charge in [0, 0.05) is 5.54 Å². The van der Waals surface area contributed by atoms with Gasteiger partial charge in [-0.25, -0.2) is 0 Å². The van der Waals surface area contributed by atoms with Gasteiger partial charge in [0.25, 0.3) is 0 Å². The third kappa shape index (κ3) is 4.97. The van der Waals surface area contributed by atoms with Gasteiger partial charge in [0.1, 0.15) is 0 Å². The fourth-order valence-corrected chi connectivity index (χ4v) is 3.04. The molecule has 2 heteroatoms. The molecule has 1 aliphatic heterocycles. The minimum absolute atomic E-state index is 0.408. The third-order valence-electron chi connectivity index (χ3n) is 4.72. The molecule has 17 heavy (non-hydrogen) atoms. The van der Waals surface area contributed by atoms with Crippen LogP contribution in [0, 0.1) is 5.92 Å². The number of piperidine rings is 1. The maximum Gasteiger partial charge on any atom is 0.0173 e. The first kappa shape index (κ1) is 15.0. The molecule has 102 valence electrons. The zero-order valence-corrected chi connectivity index (χ0v) is 12.1. The molecule has 0 spiro atoms. The summed E-state index contributed by atoms with van der Waals surface area (Å²) in [4.78, 5) is 0. The van der Waals surface area contributed by atoms with Gasteiger partial charge in [0.05, 0.1) is 0 Å². The Labute approximate surface area is 108 Å². The lowest BCUT2D eigenvalue weighted by Gasteiger charge is -2.32. The lowest BCUT2D eigenvalue weighted by Crippen LogP contribution is -2.44. The highest BCUT2D eigenvalue weighted by molar-refractivity contribution is 4.83. The maximum absolute atomic E-state index is 3.80. The zero-order valence-electron chi connectivity index (χ0n) is 12.1. The van der Waals surface area contributed by atoms with Crippen molar-refractivity contribution in [2.75, 3.05) is 19.6 Å². The molecule has 0 aromatic rings. The van der Waals surface area contributed by atoms with Crippen molar-refractivity contribution < 1.29 is 0 Å². The van der Waals surface area contributed by atoms with Crippen molar-refractivity contribution in [2.45, 2.75) is 71.3 Å². The van der Waals surface area contributed by atoms with E-state index in [1.54, 1.807) is 0 Å². The van der Waals surface area contributed by atoms with Gasteiger partial charge in [-0.1, -0.05) is 20.8 Å². The van der Waals surface area contributed by atoms with Crippen molar-refractivity contribution >= 4 is 0 Å². The van der Waals surface area contributed by atoms with Crippen LogP contribution in [0.2, 0.25) is 0 Å². The van der Waals surface area contributed by atoms with Crippen LogP contribution in [0.3, 0.4) is 0 Å². The van der Waals surface area contributed by atoms with Gasteiger partial charge in [-0.2, -0.15) is 0 Å². The fraction of sp³-hybridized carbons (Fsp3) is 1.00. The Balaban J connectivity index is 2.13. The Morgan fingerprint density at radius 1 is 1.18 bits per heavy atom. The number of rotatable bonds is 8. The molecule has 0 saturated carbocycles. The molecule has 1 fully saturated rings. The fourth-order valence-electron chi connectivity index (χ4n) is 3.04. The topological polar surface area (TPSA) is 24.1 Å². The molecule has 0 amide bonds. The standard InChI is InChI=1S/C15H32N2/c1-4-15(5-2,6-3)17-12-8-10-14-9-7-11-16-13-14/h14,16-17H,4-13H2,1-3H3. The predicted molar refractivity (Wildman–Crippen MR) is 76.4 cm³/mol. The van der Waals surface area contributed by atoms with E-state index < -0.39 is 0 Å². The summed E-state index contributed by atoms with van der Waals surface area (Å²) in [5.41, 5.74) is 0.408. The third-order valence-corrected chi connectivity index (χ3v) is 4.72. The van der Waals surface area contributed by atoms with Crippen molar-refractivity contribution in [3.8, 4) is 0 Å². The molecule has 1 saturated heterocycles. The molecule has 0 aromatic heterocycles. The highest BCUT2D eigenvalue weighted by atomic mass is 15.0. The molecule has 0 bridgehead atoms. The van der Waals surface area contributed by atoms with E-state index in [0.29, 0.717) is 5.54 Å². The SMILES string of the molecule is CCC(CC)(CC)NCCCC1CCCNC1. The maximum atomic E-state index is 3.80. The van der Waals surface area contributed by atoms with Gasteiger partial charge >= 0.3 is 0 Å². The number of nitrogens with one attached hydrogen (secondary N) is 2. The van der Waals surface area contributed by atoms with E-state index >= 15 is 0 Å². The number of hydrogen-bond donors (Lipinski definition) is 2. The lowest BCUT2D eigenvalue weighted by atomic mass is 9.89. The van der Waals surface area contributed by atoms with Crippen molar-refractivity contribution in [3.05, 3.63) is 0 Å². The average Bonchev–Trinajstić information content (AvgIpc) is 2.41. The second kappa shape index (κ2) is 8.10. The highest BCUT2D eigenvalue weighted by Crippen LogP contribution is 2.20. The Kier molecular flexibility index (Phi) is 7.14. The van der Waals surface area contributed by atoms with Crippen LogP contribution in [-0.4, -0.2) is 25.2 Å². The van der Waals surface area contributed by atoms with Crippen LogP contribution in [0.25, 0.3) is 0 Å². The molecule has 2 N–H and O–H groups in total. The summed E-state index contributed by atoms with van der Waals surface area (Å²) in [6, 6.07) is 0. The summed E-state index contributed by atoms with van der Waals surface area (Å²) in [5.74, 6) is 0.935. The quantitative estimate of drug-likeness (QED) is 0.636. The van der Waals surface area contributed by atoms with E-state index in [4.69, 9.17) is 0 Å². The average molecular weight is 240 g/mol. The molecule has 1 rings (SSSR count). The molecule has 0 radical (unpaired) electrons. The Morgan fingerprint density at radius 3 is 2.41 bits per heavy atom. The van der Waals surface area contributed by atoms with Crippen LogP contribution in [0.1, 0.15) is 65.7 Å². The lowest BCUT2D eigenvalue weighted by molar-refractivity contribution is 0.278. The van der Waals surface area contributed by atoms with E-state index in [0.717, 1.165) is 5.92 Å². The van der Waals surface area contributed by atoms with Gasteiger partial charge < -0.3 is 10.6 Å². The highest BCUT2D eigenvalue weighted by Gasteiger charge is 2.22. The van der Waals surface area contributed by atoms with Crippen molar-refractivity contribution in [1.82, 2.24) is 10.6 Å². The van der Waals surface area contributed by atoms with Crippen LogP contribution < -0.4 is 10.6 Å². The first-order valence-corrected chi connectivity index (χ1v) is 7.72. The predicted octanol–water partition coefficient (Wildman–Crippen LogP) is 3.32. The van der Waals surface area contributed by atoms with Crippen LogP contribution >= 0.6 is 0 Å². The Bertz CT molecular complexity index is 173. The van der Waals surface area contributed by atoms with E-state index in [1.165, 1.54) is 64.6 Å². The van der Waals surface area contributed by atoms with Crippen molar-refractivity contribution in [3.63, 3.8) is 0 Å². The van der Waals surface area contributed by atoms with Crippen LogP contribution in [-0.2, 0) is 0 Å². The van der Waals surface area contributed by atoms with Gasteiger partial charge in [-0.15, -0.1) is 0 Å². The second-order valence-electron chi connectivity index (χ2n) is 5.62. The summed E-state index contributed by atoms with van der Waals surface area (Å²) in [7, 11) is 0. The van der Waals surface area contributed by atoms with E-state index in [-0.39, 0.29) is 0 Å². The summed E-state index contributed by atoms with van der Waals surface area (Å²) in [6.45, 7) is 10.6. The van der Waals surface area contributed by atoms with Crippen LogP contribution in [0.15, 0.2) is 0 Å². The minimum Gasteiger partial charge on any atom is -0.316 e. The Morgan fingerprint density at radius 2 is 1.88 bits per heavy atom. The first-order chi connectivity index (χ1) is 8.26. The zero-order chi connectivity index (χ0) is 12.6. The molecule has 0 aromatic carbocycles. The van der Waals surface area contributed by atoms with Crippen LogP contribution in [0.5, 0.6) is 0 Å². The monoisotopic (exact) mass is 240 g/mol. The summed E-state index contributed by atoms with van der Waals surface area (Å²) < 4.78 is 0. The molecule has 1 unspecified atom stereocenters. The Hall–Kier alpha value is -0.0800. The summed E-state index contributed by atoms with van der Waals surface area (Å²) >= 11 is 0. The first-order valence-electron chi connectivity index (χ1n) is 7.72. The number of hydrogen-bond acceptors (Lipinski definition) is 2. The smallest absolute Gasteiger partial charge is 0.0173 e. The van der Waals surface area contributed by atoms with E-state index in [1.807, 2.05) is 0 Å². The summed E-state index contributed by atoms with van der Waals surface area (Å²) in [5, 5.41) is 7.31. The molecule has 1 aliphatic rings. The van der Waals surface area contributed by atoms with E-state index in [2.05, 4.69) is 31.4 Å². The molecular weight excluding hydrogens is 208 g/mol. The van der Waals surface area contributed by atoms with Crippen molar-refractivity contribution in [2.24, 2.45) is 5.92 Å². The van der Waals surface area contributed by atoms with Gasteiger partial charge in [0.15, 0.2) is 0 Å². The van der Waals surface area contributed by atoms with Crippen LogP contribution in [0.4, 0.5) is 0 Å². The largest absolute Gasteiger partial charge is 0.316 e. The summed E-state index contributed by atoms with van der Waals surface area (Å²) in [6.07, 6.45) is 9.32. The van der Waals surface area contributed by atoms with Crippen molar-refractivity contribution in [1.29, 1.82) is 0 Å². The molecule has 1 atom stereocenters. The van der Waals surface area contributed by atoms with Gasteiger partial charge in [0.2, 0.25) is 0 Å².